The SMILES string of the molecule is OCCC(F)(F)c1ccc(F)c(F)c1. The molecule has 1 rings (SSSR count). The number of rotatable bonds is 3. The van der Waals surface area contributed by atoms with E-state index in [9.17, 15) is 17.6 Å². The van der Waals surface area contributed by atoms with E-state index >= 15 is 0 Å². The van der Waals surface area contributed by atoms with Gasteiger partial charge in [0.05, 0.1) is 0 Å². The van der Waals surface area contributed by atoms with E-state index in [2.05, 4.69) is 0 Å². The molecule has 0 bridgehead atoms. The molecule has 78 valence electrons. The standard InChI is InChI=1S/C9H8F4O/c10-7-2-1-6(5-8(7)11)9(12,13)3-4-14/h1-2,5,14H,3-4H2. The molecular formula is C9H8F4O. The van der Waals surface area contributed by atoms with Gasteiger partial charge in [0.25, 0.3) is 5.92 Å². The second-order valence-corrected chi connectivity index (χ2v) is 2.81. The fourth-order valence-corrected chi connectivity index (χ4v) is 1.01. The fraction of sp³-hybridized carbons (Fsp3) is 0.333. The van der Waals surface area contributed by atoms with Crippen molar-refractivity contribution in [2.24, 2.45) is 0 Å². The summed E-state index contributed by atoms with van der Waals surface area (Å²) in [6.45, 7) is -0.716. The van der Waals surface area contributed by atoms with Gasteiger partial charge in [-0.15, -0.1) is 0 Å². The predicted octanol–water partition coefficient (Wildman–Crippen LogP) is 2.44. The Bertz CT molecular complexity index is 325. The lowest BCUT2D eigenvalue weighted by molar-refractivity contribution is -0.0272. The molecular weight excluding hydrogens is 200 g/mol. The van der Waals surface area contributed by atoms with Crippen molar-refractivity contribution in [3.05, 3.63) is 35.4 Å². The summed E-state index contributed by atoms with van der Waals surface area (Å²) in [6.07, 6.45) is -0.807. The van der Waals surface area contributed by atoms with Crippen LogP contribution in [0.3, 0.4) is 0 Å². The van der Waals surface area contributed by atoms with E-state index in [0.29, 0.717) is 12.1 Å². The smallest absolute Gasteiger partial charge is 0.275 e. The molecule has 0 aliphatic rings. The average molecular weight is 208 g/mol. The Labute approximate surface area is 78.0 Å². The van der Waals surface area contributed by atoms with Gasteiger partial charge in [-0.3, -0.25) is 0 Å². The highest BCUT2D eigenvalue weighted by Gasteiger charge is 2.31. The number of aliphatic hydroxyl groups excluding tert-OH is 1. The second kappa shape index (κ2) is 3.96. The van der Waals surface area contributed by atoms with Gasteiger partial charge in [-0.25, -0.2) is 17.6 Å². The summed E-state index contributed by atoms with van der Waals surface area (Å²) in [5.74, 6) is -5.82. The summed E-state index contributed by atoms with van der Waals surface area (Å²) in [5, 5.41) is 8.34. The molecule has 1 aromatic carbocycles. The van der Waals surface area contributed by atoms with Crippen molar-refractivity contribution in [3.63, 3.8) is 0 Å². The zero-order valence-electron chi connectivity index (χ0n) is 7.11. The largest absolute Gasteiger partial charge is 0.396 e. The van der Waals surface area contributed by atoms with Crippen LogP contribution in [0.15, 0.2) is 18.2 Å². The number of benzene rings is 1. The number of hydrogen-bond acceptors (Lipinski definition) is 1. The fourth-order valence-electron chi connectivity index (χ4n) is 1.01. The Morgan fingerprint density at radius 3 is 2.29 bits per heavy atom. The molecule has 1 N–H and O–H groups in total. The molecule has 0 unspecified atom stereocenters. The molecule has 0 atom stereocenters. The summed E-state index contributed by atoms with van der Waals surface area (Å²) < 4.78 is 51.0. The molecule has 0 heterocycles. The van der Waals surface area contributed by atoms with Gasteiger partial charge in [0.2, 0.25) is 0 Å². The topological polar surface area (TPSA) is 20.2 Å². The van der Waals surface area contributed by atoms with Crippen LogP contribution >= 0.6 is 0 Å². The number of aliphatic hydroxyl groups is 1. The number of halogens is 4. The van der Waals surface area contributed by atoms with Crippen molar-refractivity contribution in [1.29, 1.82) is 0 Å². The summed E-state index contributed by atoms with van der Waals surface area (Å²) in [6, 6.07) is 1.87. The third-order valence-electron chi connectivity index (χ3n) is 1.77. The number of hydrogen-bond donors (Lipinski definition) is 1. The molecule has 0 saturated carbocycles. The first-order valence-electron chi connectivity index (χ1n) is 3.91. The minimum Gasteiger partial charge on any atom is -0.396 e. The molecule has 0 aliphatic heterocycles. The predicted molar refractivity (Wildman–Crippen MR) is 42.0 cm³/mol. The maximum atomic E-state index is 13.0. The van der Waals surface area contributed by atoms with E-state index in [-0.39, 0.29) is 0 Å². The van der Waals surface area contributed by atoms with Crippen LogP contribution in [0, 0.1) is 11.6 Å². The molecule has 5 heteroatoms. The molecule has 1 aromatic rings. The lowest BCUT2D eigenvalue weighted by Crippen LogP contribution is -2.15. The minimum absolute atomic E-state index is 0.436. The van der Waals surface area contributed by atoms with Crippen LogP contribution < -0.4 is 0 Å². The highest BCUT2D eigenvalue weighted by molar-refractivity contribution is 5.22. The van der Waals surface area contributed by atoms with E-state index in [0.717, 1.165) is 6.07 Å². The zero-order chi connectivity index (χ0) is 10.8. The Morgan fingerprint density at radius 1 is 1.14 bits per heavy atom. The van der Waals surface area contributed by atoms with Crippen molar-refractivity contribution >= 4 is 0 Å². The van der Waals surface area contributed by atoms with Crippen LogP contribution in [-0.2, 0) is 5.92 Å². The molecule has 0 aromatic heterocycles. The summed E-state index contributed by atoms with van der Waals surface area (Å²) in [4.78, 5) is 0. The quantitative estimate of drug-likeness (QED) is 0.756. The second-order valence-electron chi connectivity index (χ2n) is 2.81. The van der Waals surface area contributed by atoms with Gasteiger partial charge >= 0.3 is 0 Å². The maximum Gasteiger partial charge on any atom is 0.275 e. The van der Waals surface area contributed by atoms with Crippen LogP contribution in [0.5, 0.6) is 0 Å². The van der Waals surface area contributed by atoms with Gasteiger partial charge in [-0.2, -0.15) is 0 Å². The molecule has 0 saturated heterocycles. The highest BCUT2D eigenvalue weighted by atomic mass is 19.3. The molecule has 0 amide bonds. The number of alkyl halides is 2. The zero-order valence-corrected chi connectivity index (χ0v) is 7.11. The minimum atomic E-state index is -3.33. The highest BCUT2D eigenvalue weighted by Crippen LogP contribution is 2.31. The summed E-state index contributed by atoms with van der Waals surface area (Å²) >= 11 is 0. The molecule has 0 spiro atoms. The summed E-state index contributed by atoms with van der Waals surface area (Å²) in [5.41, 5.74) is -0.634. The van der Waals surface area contributed by atoms with Gasteiger partial charge in [-0.05, 0) is 18.2 Å². The molecule has 0 fully saturated rings. The van der Waals surface area contributed by atoms with Gasteiger partial charge in [0.15, 0.2) is 11.6 Å². The first-order chi connectivity index (χ1) is 6.47. The Hall–Kier alpha value is -1.10. The van der Waals surface area contributed by atoms with Crippen LogP contribution in [0.2, 0.25) is 0 Å². The van der Waals surface area contributed by atoms with Gasteiger partial charge < -0.3 is 5.11 Å². The first-order valence-corrected chi connectivity index (χ1v) is 3.91. The lowest BCUT2D eigenvalue weighted by atomic mass is 10.1. The summed E-state index contributed by atoms with van der Waals surface area (Å²) in [7, 11) is 0. The lowest BCUT2D eigenvalue weighted by Gasteiger charge is -2.15. The third-order valence-corrected chi connectivity index (χ3v) is 1.77. The van der Waals surface area contributed by atoms with Crippen molar-refractivity contribution in [1.82, 2.24) is 0 Å². The third kappa shape index (κ3) is 2.23. The van der Waals surface area contributed by atoms with E-state index < -0.39 is 36.1 Å². The monoisotopic (exact) mass is 208 g/mol. The van der Waals surface area contributed by atoms with Crippen molar-refractivity contribution < 1.29 is 22.7 Å². The van der Waals surface area contributed by atoms with E-state index in [4.69, 9.17) is 5.11 Å². The molecule has 1 nitrogen and oxygen atoms in total. The Morgan fingerprint density at radius 2 is 1.79 bits per heavy atom. The first kappa shape index (κ1) is 11.0. The van der Waals surface area contributed by atoms with Gasteiger partial charge in [0.1, 0.15) is 0 Å². The van der Waals surface area contributed by atoms with E-state index in [1.54, 1.807) is 0 Å². The van der Waals surface area contributed by atoms with E-state index in [1.807, 2.05) is 0 Å². The molecule has 0 radical (unpaired) electrons. The Balaban J connectivity index is 3.01. The van der Waals surface area contributed by atoms with Gasteiger partial charge in [0, 0.05) is 18.6 Å². The van der Waals surface area contributed by atoms with Crippen molar-refractivity contribution in [2.75, 3.05) is 6.61 Å². The maximum absolute atomic E-state index is 13.0. The van der Waals surface area contributed by atoms with Crippen molar-refractivity contribution in [2.45, 2.75) is 12.3 Å². The normalized spacial score (nSPS) is 11.8. The van der Waals surface area contributed by atoms with Crippen molar-refractivity contribution in [3.8, 4) is 0 Å². The molecule has 0 aliphatic carbocycles. The Kier molecular flexibility index (Phi) is 3.10. The average Bonchev–Trinajstić information content (AvgIpc) is 2.09. The molecule has 14 heavy (non-hydrogen) atoms. The van der Waals surface area contributed by atoms with E-state index in [1.165, 1.54) is 0 Å². The van der Waals surface area contributed by atoms with Crippen LogP contribution in [-0.4, -0.2) is 11.7 Å². The van der Waals surface area contributed by atoms with Gasteiger partial charge in [-0.1, -0.05) is 0 Å². The van der Waals surface area contributed by atoms with Crippen LogP contribution in [0.4, 0.5) is 17.6 Å². The van der Waals surface area contributed by atoms with Crippen LogP contribution in [0.1, 0.15) is 12.0 Å². The van der Waals surface area contributed by atoms with Crippen LogP contribution in [0.25, 0.3) is 0 Å².